The van der Waals surface area contributed by atoms with Crippen molar-refractivity contribution in [2.24, 2.45) is 5.92 Å². The molecule has 0 aromatic heterocycles. The molecule has 0 aliphatic rings. The van der Waals surface area contributed by atoms with Crippen molar-refractivity contribution in [3.05, 3.63) is 54.1 Å². The Morgan fingerprint density at radius 1 is 1.12 bits per heavy atom. The highest BCUT2D eigenvalue weighted by Gasteiger charge is 2.13. The molecule has 0 amide bonds. The maximum absolute atomic E-state index is 11.0. The van der Waals surface area contributed by atoms with E-state index in [0.717, 1.165) is 35.3 Å². The zero-order valence-corrected chi connectivity index (χ0v) is 14.7. The molecule has 0 aliphatic heterocycles. The van der Waals surface area contributed by atoms with Crippen LogP contribution in [0, 0.1) is 5.92 Å². The van der Waals surface area contributed by atoms with Crippen LogP contribution in [0.15, 0.2) is 48.5 Å². The van der Waals surface area contributed by atoms with Crippen molar-refractivity contribution < 1.29 is 14.6 Å². The number of hydrogen-bond acceptors (Lipinski definition) is 2. The minimum atomic E-state index is -0.741. The fourth-order valence-electron chi connectivity index (χ4n) is 2.49. The molecule has 0 radical (unpaired) electrons. The summed E-state index contributed by atoms with van der Waals surface area (Å²) in [4.78, 5) is 11.0. The predicted octanol–water partition coefficient (Wildman–Crippen LogP) is 5.18. The highest BCUT2D eigenvalue weighted by Crippen LogP contribution is 2.32. The lowest BCUT2D eigenvalue weighted by molar-refractivity contribution is -0.141. The first-order valence-corrected chi connectivity index (χ1v) is 8.59. The van der Waals surface area contributed by atoms with Crippen LogP contribution < -0.4 is 4.74 Å². The van der Waals surface area contributed by atoms with E-state index in [1.54, 1.807) is 6.92 Å². The Hall–Kier alpha value is -2.29. The number of ether oxygens (including phenoxy) is 1. The lowest BCUT2D eigenvalue weighted by atomic mass is 9.97. The largest absolute Gasteiger partial charge is 0.490 e. The van der Waals surface area contributed by atoms with Gasteiger partial charge in [-0.3, -0.25) is 4.79 Å². The molecule has 2 aromatic carbocycles. The van der Waals surface area contributed by atoms with E-state index < -0.39 is 5.97 Å². The van der Waals surface area contributed by atoms with Crippen LogP contribution in [0.2, 0.25) is 0 Å². The normalized spacial score (nSPS) is 13.3. The van der Waals surface area contributed by atoms with E-state index in [0.29, 0.717) is 6.42 Å². The fraction of sp³-hybridized carbons (Fsp3) is 0.381. The van der Waals surface area contributed by atoms with Gasteiger partial charge in [0.25, 0.3) is 0 Å². The Morgan fingerprint density at radius 2 is 1.83 bits per heavy atom. The van der Waals surface area contributed by atoms with E-state index in [1.165, 1.54) is 0 Å². The number of carboxylic acids is 1. The summed E-state index contributed by atoms with van der Waals surface area (Å²) < 4.78 is 6.07. The molecule has 0 spiro atoms. The predicted molar refractivity (Wildman–Crippen MR) is 97.4 cm³/mol. The van der Waals surface area contributed by atoms with Crippen molar-refractivity contribution in [3.8, 4) is 16.9 Å². The average Bonchev–Trinajstić information content (AvgIpc) is 2.60. The lowest BCUT2D eigenvalue weighted by Gasteiger charge is -2.18. The molecule has 2 rings (SSSR count). The Morgan fingerprint density at radius 3 is 2.46 bits per heavy atom. The molecule has 2 unspecified atom stereocenters. The van der Waals surface area contributed by atoms with Gasteiger partial charge in [-0.15, -0.1) is 0 Å². The van der Waals surface area contributed by atoms with Crippen LogP contribution in [0.5, 0.6) is 5.75 Å². The minimum Gasteiger partial charge on any atom is -0.490 e. The molecule has 0 bridgehead atoms. The summed E-state index contributed by atoms with van der Waals surface area (Å²) in [5.41, 5.74) is 3.32. The quantitative estimate of drug-likeness (QED) is 0.726. The summed E-state index contributed by atoms with van der Waals surface area (Å²) in [5, 5.41) is 9.04. The third-order valence-corrected chi connectivity index (χ3v) is 4.32. The molecule has 1 N–H and O–H groups in total. The van der Waals surface area contributed by atoms with Gasteiger partial charge in [0.1, 0.15) is 5.75 Å². The highest BCUT2D eigenvalue weighted by atomic mass is 16.5. The standard InChI is InChI=1S/C21H26O3/c1-4-16(3)24-20-13-12-17(11-10-15(2)21(22)23)14-19(20)18-8-6-5-7-9-18/h5-9,12-16H,4,10-11H2,1-3H3,(H,22,23). The molecule has 3 nitrogen and oxygen atoms in total. The van der Waals surface area contributed by atoms with Crippen molar-refractivity contribution in [1.82, 2.24) is 0 Å². The number of aryl methyl sites for hydroxylation is 1. The van der Waals surface area contributed by atoms with Crippen molar-refractivity contribution in [1.29, 1.82) is 0 Å². The Balaban J connectivity index is 2.28. The zero-order chi connectivity index (χ0) is 17.5. The summed E-state index contributed by atoms with van der Waals surface area (Å²) in [6.45, 7) is 5.92. The number of carbonyl (C=O) groups is 1. The number of hydrogen-bond donors (Lipinski definition) is 1. The summed E-state index contributed by atoms with van der Waals surface area (Å²) in [5.74, 6) is -0.193. The molecule has 0 fully saturated rings. The molecule has 2 aromatic rings. The number of carboxylic acid groups (broad SMARTS) is 1. The molecule has 2 atom stereocenters. The van der Waals surface area contributed by atoms with Crippen molar-refractivity contribution in [2.75, 3.05) is 0 Å². The average molecular weight is 326 g/mol. The third-order valence-electron chi connectivity index (χ3n) is 4.32. The topological polar surface area (TPSA) is 46.5 Å². The van der Waals surface area contributed by atoms with Crippen LogP contribution in [0.1, 0.15) is 39.2 Å². The van der Waals surface area contributed by atoms with Crippen molar-refractivity contribution in [2.45, 2.75) is 46.1 Å². The number of aliphatic carboxylic acids is 1. The molecule has 0 saturated heterocycles. The van der Waals surface area contributed by atoms with Crippen LogP contribution in [0.25, 0.3) is 11.1 Å². The molecule has 0 heterocycles. The number of benzene rings is 2. The third kappa shape index (κ3) is 4.85. The molecule has 0 aliphatic carbocycles. The second-order valence-corrected chi connectivity index (χ2v) is 6.31. The minimum absolute atomic E-state index is 0.158. The summed E-state index contributed by atoms with van der Waals surface area (Å²) in [6.07, 6.45) is 2.49. The summed E-state index contributed by atoms with van der Waals surface area (Å²) in [6, 6.07) is 16.3. The Bertz CT molecular complexity index is 664. The van der Waals surface area contributed by atoms with Gasteiger partial charge in [0, 0.05) is 5.56 Å². The van der Waals surface area contributed by atoms with Crippen LogP contribution >= 0.6 is 0 Å². The lowest BCUT2D eigenvalue weighted by Crippen LogP contribution is -2.11. The van der Waals surface area contributed by atoms with Gasteiger partial charge in [0.05, 0.1) is 12.0 Å². The Labute approximate surface area is 144 Å². The maximum Gasteiger partial charge on any atom is 0.306 e. The summed E-state index contributed by atoms with van der Waals surface area (Å²) in [7, 11) is 0. The van der Waals surface area contributed by atoms with Gasteiger partial charge in [-0.1, -0.05) is 50.2 Å². The van der Waals surface area contributed by atoms with E-state index in [4.69, 9.17) is 9.84 Å². The maximum atomic E-state index is 11.0. The molecule has 3 heteroatoms. The van der Waals surface area contributed by atoms with Crippen LogP contribution in [0.3, 0.4) is 0 Å². The van der Waals surface area contributed by atoms with E-state index in [1.807, 2.05) is 30.3 Å². The first-order chi connectivity index (χ1) is 11.5. The molecular weight excluding hydrogens is 300 g/mol. The van der Waals surface area contributed by atoms with E-state index in [-0.39, 0.29) is 12.0 Å². The molecular formula is C21H26O3. The van der Waals surface area contributed by atoms with Gasteiger partial charge >= 0.3 is 5.97 Å². The van der Waals surface area contributed by atoms with E-state index >= 15 is 0 Å². The second-order valence-electron chi connectivity index (χ2n) is 6.31. The van der Waals surface area contributed by atoms with E-state index in [9.17, 15) is 4.79 Å². The highest BCUT2D eigenvalue weighted by molar-refractivity contribution is 5.71. The molecule has 24 heavy (non-hydrogen) atoms. The fourth-order valence-corrected chi connectivity index (χ4v) is 2.49. The van der Waals surface area contributed by atoms with Gasteiger partial charge in [0.15, 0.2) is 0 Å². The van der Waals surface area contributed by atoms with Gasteiger partial charge in [-0.05, 0) is 49.4 Å². The first-order valence-electron chi connectivity index (χ1n) is 8.59. The SMILES string of the molecule is CCC(C)Oc1ccc(CCC(C)C(=O)O)cc1-c1ccccc1. The smallest absolute Gasteiger partial charge is 0.306 e. The zero-order valence-electron chi connectivity index (χ0n) is 14.7. The monoisotopic (exact) mass is 326 g/mol. The summed E-state index contributed by atoms with van der Waals surface area (Å²) >= 11 is 0. The van der Waals surface area contributed by atoms with Gasteiger partial charge in [0.2, 0.25) is 0 Å². The van der Waals surface area contributed by atoms with Crippen LogP contribution in [0.4, 0.5) is 0 Å². The van der Waals surface area contributed by atoms with Crippen LogP contribution in [-0.4, -0.2) is 17.2 Å². The number of rotatable bonds is 8. The molecule has 128 valence electrons. The van der Waals surface area contributed by atoms with Crippen molar-refractivity contribution >= 4 is 5.97 Å². The molecule has 0 saturated carbocycles. The Kier molecular flexibility index (Phi) is 6.42. The second kappa shape index (κ2) is 8.53. The van der Waals surface area contributed by atoms with E-state index in [2.05, 4.69) is 32.0 Å². The first kappa shape index (κ1) is 18.1. The van der Waals surface area contributed by atoms with Gasteiger partial charge in [-0.25, -0.2) is 0 Å². The van der Waals surface area contributed by atoms with Gasteiger partial charge < -0.3 is 9.84 Å². The van der Waals surface area contributed by atoms with Crippen molar-refractivity contribution in [3.63, 3.8) is 0 Å². The van der Waals surface area contributed by atoms with Gasteiger partial charge in [-0.2, -0.15) is 0 Å². The van der Waals surface area contributed by atoms with Crippen LogP contribution in [-0.2, 0) is 11.2 Å².